The molecule has 1 fully saturated rings. The Morgan fingerprint density at radius 3 is 2.13 bits per heavy atom. The Morgan fingerprint density at radius 2 is 1.54 bits per heavy atom. The number of phenolic OH excluding ortho intramolecular Hbond substituents is 1. The van der Waals surface area contributed by atoms with Crippen molar-refractivity contribution in [3.05, 3.63) is 120 Å². The molecule has 0 spiro atoms. The molecule has 1 aliphatic rings. The summed E-state index contributed by atoms with van der Waals surface area (Å²) in [4.78, 5) is 12.7. The molecule has 3 atom stereocenters. The Morgan fingerprint density at radius 1 is 0.897 bits per heavy atom. The van der Waals surface area contributed by atoms with E-state index in [1.54, 1.807) is 12.1 Å². The summed E-state index contributed by atoms with van der Waals surface area (Å²) in [6, 6.07) is 25.5. The number of aliphatic hydroxyl groups excluding tert-OH is 1. The van der Waals surface area contributed by atoms with Crippen LogP contribution in [0.4, 0.5) is 4.39 Å². The molecule has 1 aliphatic heterocycles. The Kier molecular flexibility index (Phi) is 6.98. The topological polar surface area (TPSA) is 124 Å². The van der Waals surface area contributed by atoms with Crippen LogP contribution in [0.3, 0.4) is 0 Å². The second kappa shape index (κ2) is 10.3. The van der Waals surface area contributed by atoms with Gasteiger partial charge in [0, 0.05) is 5.56 Å². The van der Waals surface area contributed by atoms with Gasteiger partial charge in [-0.1, -0.05) is 66.7 Å². The zero-order valence-electron chi connectivity index (χ0n) is 20.7. The Labute approximate surface area is 225 Å². The van der Waals surface area contributed by atoms with Crippen molar-refractivity contribution in [1.29, 1.82) is 0 Å². The van der Waals surface area contributed by atoms with E-state index in [0.29, 0.717) is 28.7 Å². The summed E-state index contributed by atoms with van der Waals surface area (Å²) in [6.45, 7) is 0. The number of hydrogen-bond acceptors (Lipinski definition) is 5. The summed E-state index contributed by atoms with van der Waals surface area (Å²) in [5, 5.41) is 24.9. The molecule has 4 N–H and O–H groups in total. The number of amides is 1. The maximum absolute atomic E-state index is 13.3. The molecule has 4 aromatic carbocycles. The van der Waals surface area contributed by atoms with Crippen LogP contribution in [0.15, 0.2) is 102 Å². The van der Waals surface area contributed by atoms with Gasteiger partial charge in [0.25, 0.3) is 10.1 Å². The Bertz CT molecular complexity index is 1610. The zero-order chi connectivity index (χ0) is 27.8. The predicted molar refractivity (Wildman–Crippen MR) is 143 cm³/mol. The fraction of sp³-hybridized carbons (Fsp3) is 0.167. The van der Waals surface area contributed by atoms with Crippen molar-refractivity contribution in [3.63, 3.8) is 0 Å². The van der Waals surface area contributed by atoms with E-state index in [4.69, 9.17) is 0 Å². The Balaban J connectivity index is 1.48. The average molecular weight is 548 g/mol. The van der Waals surface area contributed by atoms with Gasteiger partial charge in [0.05, 0.1) is 16.9 Å². The maximum Gasteiger partial charge on any atom is 0.294 e. The standard InChI is InChI=1S/C30H26FNO6S/c31-23-11-6-20(7-12-23)27(33)17-16-26-29(35)32-30(26,22-4-2-1-3-5-22)25-15-10-21(18-28(25)34)19-8-13-24(14-9-19)39(36,37)38/h1-15,18,26-27,33-34H,16-17H2,(H,32,35)(H,36,37,38)/t26-,27-,30-/m0/s1. The molecule has 9 heteroatoms. The highest BCUT2D eigenvalue weighted by molar-refractivity contribution is 7.85. The SMILES string of the molecule is O=C1N[C@@](c2ccccc2)(c2ccc(-c3ccc(S(=O)(=O)O)cc3)cc2O)[C@H]1CC[C@H](O)c1ccc(F)cc1. The number of carbonyl (C=O) groups excluding carboxylic acids is 1. The van der Waals surface area contributed by atoms with E-state index in [0.717, 1.165) is 5.56 Å². The lowest BCUT2D eigenvalue weighted by Gasteiger charge is -2.50. The van der Waals surface area contributed by atoms with Gasteiger partial charge in [-0.15, -0.1) is 0 Å². The van der Waals surface area contributed by atoms with E-state index in [2.05, 4.69) is 5.32 Å². The van der Waals surface area contributed by atoms with E-state index in [9.17, 15) is 32.4 Å². The predicted octanol–water partition coefficient (Wildman–Crippen LogP) is 4.95. The van der Waals surface area contributed by atoms with Crippen LogP contribution < -0.4 is 5.32 Å². The molecule has 0 radical (unpaired) electrons. The summed E-state index contributed by atoms with van der Waals surface area (Å²) in [7, 11) is -4.33. The fourth-order valence-corrected chi connectivity index (χ4v) is 5.74. The van der Waals surface area contributed by atoms with E-state index >= 15 is 0 Å². The minimum Gasteiger partial charge on any atom is -0.508 e. The van der Waals surface area contributed by atoms with Crippen molar-refractivity contribution in [2.24, 2.45) is 5.92 Å². The molecule has 0 saturated carbocycles. The third-order valence-corrected chi connectivity index (χ3v) is 8.15. The Hall–Kier alpha value is -4.05. The minimum absolute atomic E-state index is 0.0701. The molecule has 39 heavy (non-hydrogen) atoms. The van der Waals surface area contributed by atoms with Gasteiger partial charge in [-0.25, -0.2) is 4.39 Å². The van der Waals surface area contributed by atoms with Gasteiger partial charge in [0.1, 0.15) is 17.1 Å². The molecule has 0 unspecified atom stereocenters. The van der Waals surface area contributed by atoms with Crippen LogP contribution in [0.2, 0.25) is 0 Å². The van der Waals surface area contributed by atoms with Crippen LogP contribution in [-0.4, -0.2) is 29.1 Å². The number of aromatic hydroxyl groups is 1. The van der Waals surface area contributed by atoms with E-state index in [1.807, 2.05) is 30.3 Å². The van der Waals surface area contributed by atoms with Crippen molar-refractivity contribution in [2.75, 3.05) is 0 Å². The van der Waals surface area contributed by atoms with Gasteiger partial charge in [-0.05, 0) is 65.4 Å². The van der Waals surface area contributed by atoms with Crippen LogP contribution >= 0.6 is 0 Å². The molecule has 0 aromatic heterocycles. The highest BCUT2D eigenvalue weighted by Gasteiger charge is 2.56. The molecular weight excluding hydrogens is 521 g/mol. The first-order valence-electron chi connectivity index (χ1n) is 12.3. The van der Waals surface area contributed by atoms with E-state index < -0.39 is 33.5 Å². The van der Waals surface area contributed by atoms with Gasteiger partial charge >= 0.3 is 0 Å². The van der Waals surface area contributed by atoms with Crippen LogP contribution in [-0.2, 0) is 20.5 Å². The zero-order valence-corrected chi connectivity index (χ0v) is 21.5. The van der Waals surface area contributed by atoms with Gasteiger partial charge in [0.2, 0.25) is 5.91 Å². The lowest BCUT2D eigenvalue weighted by atomic mass is 9.64. The third kappa shape index (κ3) is 5.04. The molecule has 1 heterocycles. The van der Waals surface area contributed by atoms with Crippen LogP contribution in [0.25, 0.3) is 11.1 Å². The number of benzene rings is 4. The molecule has 7 nitrogen and oxygen atoms in total. The number of aliphatic hydroxyl groups is 1. The molecule has 200 valence electrons. The summed E-state index contributed by atoms with van der Waals surface area (Å²) in [5.41, 5.74) is 1.98. The second-order valence-electron chi connectivity index (χ2n) is 9.59. The third-order valence-electron chi connectivity index (χ3n) is 7.28. The lowest BCUT2D eigenvalue weighted by Crippen LogP contribution is -2.67. The largest absolute Gasteiger partial charge is 0.508 e. The highest BCUT2D eigenvalue weighted by atomic mass is 32.2. The average Bonchev–Trinajstić information content (AvgIpc) is 2.92. The molecule has 0 aliphatic carbocycles. The van der Waals surface area contributed by atoms with E-state index in [-0.39, 0.29) is 23.0 Å². The number of halogens is 1. The van der Waals surface area contributed by atoms with Crippen LogP contribution in [0.1, 0.15) is 35.6 Å². The summed E-state index contributed by atoms with van der Waals surface area (Å²) in [6.07, 6.45) is -0.344. The molecule has 0 bridgehead atoms. The monoisotopic (exact) mass is 547 g/mol. The first-order chi connectivity index (χ1) is 18.6. The number of phenols is 1. The van der Waals surface area contributed by atoms with E-state index in [1.165, 1.54) is 54.6 Å². The molecule has 1 amide bonds. The number of β-lactam (4-membered cyclic amide) rings is 1. The van der Waals surface area contributed by atoms with Crippen molar-refractivity contribution in [2.45, 2.75) is 29.4 Å². The van der Waals surface area contributed by atoms with Crippen molar-refractivity contribution >= 4 is 16.0 Å². The normalized spacial score (nSPS) is 19.7. The highest BCUT2D eigenvalue weighted by Crippen LogP contribution is 2.49. The molecule has 5 rings (SSSR count). The van der Waals surface area contributed by atoms with Gasteiger partial charge in [-0.2, -0.15) is 8.42 Å². The first-order valence-corrected chi connectivity index (χ1v) is 13.8. The summed E-state index contributed by atoms with van der Waals surface area (Å²) >= 11 is 0. The first kappa shape index (κ1) is 26.6. The number of nitrogens with one attached hydrogen (secondary N) is 1. The number of hydrogen-bond donors (Lipinski definition) is 4. The van der Waals surface area contributed by atoms with Crippen molar-refractivity contribution in [3.8, 4) is 16.9 Å². The lowest BCUT2D eigenvalue weighted by molar-refractivity contribution is -0.140. The maximum atomic E-state index is 13.3. The van der Waals surface area contributed by atoms with Gasteiger partial charge < -0.3 is 15.5 Å². The number of rotatable bonds is 8. The van der Waals surface area contributed by atoms with Crippen LogP contribution in [0, 0.1) is 11.7 Å². The van der Waals surface area contributed by atoms with Crippen molar-refractivity contribution in [1.82, 2.24) is 5.32 Å². The second-order valence-corrected chi connectivity index (χ2v) is 11.0. The van der Waals surface area contributed by atoms with Crippen molar-refractivity contribution < 1.29 is 32.4 Å². The number of carbonyl (C=O) groups is 1. The smallest absolute Gasteiger partial charge is 0.294 e. The minimum atomic E-state index is -4.33. The molecular formula is C30H26FNO6S. The summed E-state index contributed by atoms with van der Waals surface area (Å²) in [5.74, 6) is -1.28. The van der Waals surface area contributed by atoms with Gasteiger partial charge in [0.15, 0.2) is 0 Å². The summed E-state index contributed by atoms with van der Waals surface area (Å²) < 4.78 is 45.3. The quantitative estimate of drug-likeness (QED) is 0.183. The van der Waals surface area contributed by atoms with Gasteiger partial charge in [-0.3, -0.25) is 9.35 Å². The van der Waals surface area contributed by atoms with Crippen LogP contribution in [0.5, 0.6) is 5.75 Å². The fourth-order valence-electron chi connectivity index (χ4n) is 5.26. The molecule has 4 aromatic rings. The molecule has 1 saturated heterocycles.